The lowest BCUT2D eigenvalue weighted by atomic mass is 9.93. The molecule has 2 aliphatic rings. The summed E-state index contributed by atoms with van der Waals surface area (Å²) >= 11 is 0. The van der Waals surface area contributed by atoms with E-state index in [0.717, 1.165) is 16.5 Å². The summed E-state index contributed by atoms with van der Waals surface area (Å²) in [6, 6.07) is 7.99. The molecule has 0 amide bonds. The zero-order valence-corrected chi connectivity index (χ0v) is 22.1. The van der Waals surface area contributed by atoms with Crippen molar-refractivity contribution in [2.75, 3.05) is 53.3 Å². The first-order valence-corrected chi connectivity index (χ1v) is 14.7. The van der Waals surface area contributed by atoms with Crippen molar-refractivity contribution in [3.05, 3.63) is 42.2 Å². The van der Waals surface area contributed by atoms with E-state index in [0.29, 0.717) is 49.6 Å². The molecule has 2 N–H and O–H groups in total. The van der Waals surface area contributed by atoms with Crippen molar-refractivity contribution >= 4 is 43.9 Å². The second-order valence-electron chi connectivity index (χ2n) is 10.5. The maximum Gasteiger partial charge on any atom is 0.227 e. The van der Waals surface area contributed by atoms with Crippen LogP contribution in [0.25, 0.3) is 10.8 Å². The molecule has 2 fully saturated rings. The number of benzene rings is 1. The molecule has 4 heterocycles. The Hall–Kier alpha value is -3.05. The summed E-state index contributed by atoms with van der Waals surface area (Å²) in [5.74, 6) is 2.25. The monoisotopic (exact) mass is 528 g/mol. The average molecular weight is 529 g/mol. The van der Waals surface area contributed by atoms with E-state index in [1.54, 1.807) is 17.2 Å². The van der Waals surface area contributed by atoms with E-state index in [1.807, 2.05) is 12.3 Å². The number of hydrogen-bond donors (Lipinski definition) is 2. The number of nitrogens with one attached hydrogen (secondary N) is 1. The number of piperidine rings is 1. The molecule has 1 aromatic carbocycles. The van der Waals surface area contributed by atoms with Crippen LogP contribution in [0.2, 0.25) is 0 Å². The second-order valence-corrected chi connectivity index (χ2v) is 12.7. The highest BCUT2D eigenvalue weighted by atomic mass is 32.2. The molecular formula is C26H33FN6O3S. The van der Waals surface area contributed by atoms with Crippen molar-refractivity contribution in [1.82, 2.24) is 15.0 Å². The van der Waals surface area contributed by atoms with Crippen molar-refractivity contribution in [3.63, 3.8) is 0 Å². The van der Waals surface area contributed by atoms with Crippen LogP contribution in [0, 0.1) is 5.92 Å². The molecule has 0 bridgehead atoms. The van der Waals surface area contributed by atoms with Crippen LogP contribution in [0.5, 0.6) is 0 Å². The molecule has 11 heteroatoms. The first-order valence-electron chi connectivity index (χ1n) is 12.6. The number of halogens is 1. The van der Waals surface area contributed by atoms with Gasteiger partial charge in [-0.15, -0.1) is 0 Å². The second kappa shape index (κ2) is 10.0. The Balaban J connectivity index is 1.39. The van der Waals surface area contributed by atoms with Crippen LogP contribution in [0.15, 0.2) is 36.7 Å². The van der Waals surface area contributed by atoms with E-state index >= 15 is 0 Å². The lowest BCUT2D eigenvalue weighted by Gasteiger charge is -2.41. The van der Waals surface area contributed by atoms with E-state index in [-0.39, 0.29) is 18.2 Å². The van der Waals surface area contributed by atoms with E-state index in [9.17, 15) is 17.9 Å². The molecular weight excluding hydrogens is 495 g/mol. The molecule has 0 saturated carbocycles. The van der Waals surface area contributed by atoms with Gasteiger partial charge in [0.05, 0.1) is 18.4 Å². The minimum Gasteiger partial charge on any atom is -0.390 e. The summed E-state index contributed by atoms with van der Waals surface area (Å²) in [7, 11) is -2.99. The van der Waals surface area contributed by atoms with Crippen LogP contribution in [-0.4, -0.2) is 78.9 Å². The lowest BCUT2D eigenvalue weighted by Crippen LogP contribution is -2.49. The summed E-state index contributed by atoms with van der Waals surface area (Å²) in [5.41, 5.74) is 2.25. The van der Waals surface area contributed by atoms with Gasteiger partial charge < -0.3 is 20.2 Å². The number of hydrogen-bond acceptors (Lipinski definition) is 9. The average Bonchev–Trinajstić information content (AvgIpc) is 2.82. The van der Waals surface area contributed by atoms with Crippen molar-refractivity contribution in [3.8, 4) is 0 Å². The summed E-state index contributed by atoms with van der Waals surface area (Å²) in [6.45, 7) is 6.26. The van der Waals surface area contributed by atoms with Gasteiger partial charge in [0.25, 0.3) is 0 Å². The first-order chi connectivity index (χ1) is 17.6. The Kier molecular flexibility index (Phi) is 6.93. The van der Waals surface area contributed by atoms with Gasteiger partial charge in [0.15, 0.2) is 0 Å². The first kappa shape index (κ1) is 25.6. The third-order valence-electron chi connectivity index (χ3n) is 7.06. The fourth-order valence-corrected chi connectivity index (χ4v) is 6.24. The van der Waals surface area contributed by atoms with E-state index in [2.05, 4.69) is 51.1 Å². The third-order valence-corrected chi connectivity index (χ3v) is 8.14. The Morgan fingerprint density at radius 1 is 1.11 bits per heavy atom. The van der Waals surface area contributed by atoms with Crippen LogP contribution >= 0.6 is 0 Å². The molecule has 2 atom stereocenters. The molecule has 2 unspecified atom stereocenters. The lowest BCUT2D eigenvalue weighted by molar-refractivity contribution is 0.0612. The van der Waals surface area contributed by atoms with Crippen molar-refractivity contribution in [1.29, 1.82) is 0 Å². The molecule has 3 aromatic rings. The number of anilines is 4. The van der Waals surface area contributed by atoms with Crippen molar-refractivity contribution in [2.45, 2.75) is 38.5 Å². The summed E-state index contributed by atoms with van der Waals surface area (Å²) in [5, 5.41) is 15.0. The quantitative estimate of drug-likeness (QED) is 0.477. The molecule has 2 aromatic heterocycles. The normalized spacial score (nSPS) is 20.9. The number of alkyl halides is 1. The number of pyridine rings is 1. The fraction of sp³-hybridized carbons (Fsp3) is 0.500. The predicted molar refractivity (Wildman–Crippen MR) is 144 cm³/mol. The number of sulfone groups is 1. The standard InChI is InChI=1S/C26H33FN6O3S/c1-16(2)18-4-5-22(33-12-17(13-33)15-37(3,35)36)20-11-29-25(10-19(18)20)30-24-6-8-28-26(31-24)32-9-7-23(34)21(27)14-32/h4-6,8,10-11,16-17,21,23,34H,7,9,12-15H2,1-3H3,(H,28,29,30,31). The zero-order chi connectivity index (χ0) is 26.3. The number of nitrogens with zero attached hydrogens (tertiary/aromatic N) is 5. The Morgan fingerprint density at radius 3 is 2.59 bits per heavy atom. The fourth-order valence-electron chi connectivity index (χ4n) is 5.17. The number of aromatic nitrogens is 3. The van der Waals surface area contributed by atoms with Crippen molar-refractivity contribution < 1.29 is 17.9 Å². The minimum absolute atomic E-state index is 0.0565. The Morgan fingerprint density at radius 2 is 1.89 bits per heavy atom. The topological polar surface area (TPSA) is 112 Å². The van der Waals surface area contributed by atoms with Gasteiger partial charge in [0.2, 0.25) is 5.95 Å². The number of aliphatic hydroxyl groups excluding tert-OH is 1. The summed E-state index contributed by atoms with van der Waals surface area (Å²) in [4.78, 5) is 17.4. The molecule has 5 rings (SSSR count). The van der Waals surface area contributed by atoms with Gasteiger partial charge in [-0.25, -0.2) is 22.8 Å². The molecule has 37 heavy (non-hydrogen) atoms. The molecule has 2 aliphatic heterocycles. The van der Waals surface area contributed by atoms with Crippen LogP contribution < -0.4 is 15.1 Å². The predicted octanol–water partition coefficient (Wildman–Crippen LogP) is 3.28. The van der Waals surface area contributed by atoms with Crippen LogP contribution in [0.1, 0.15) is 31.7 Å². The van der Waals surface area contributed by atoms with Crippen LogP contribution in [0.4, 0.5) is 27.7 Å². The smallest absolute Gasteiger partial charge is 0.227 e. The van der Waals surface area contributed by atoms with Gasteiger partial charge in [-0.05, 0) is 41.5 Å². The summed E-state index contributed by atoms with van der Waals surface area (Å²) in [6.07, 6.45) is 2.83. The maximum absolute atomic E-state index is 14.0. The Bertz CT molecular complexity index is 1400. The molecule has 0 spiro atoms. The zero-order valence-electron chi connectivity index (χ0n) is 21.3. The van der Waals surface area contributed by atoms with Crippen LogP contribution in [0.3, 0.4) is 0 Å². The minimum atomic E-state index is -2.99. The van der Waals surface area contributed by atoms with E-state index in [4.69, 9.17) is 0 Å². The molecule has 2 saturated heterocycles. The number of aliphatic hydroxyl groups is 1. The molecule has 0 aliphatic carbocycles. The molecule has 9 nitrogen and oxygen atoms in total. The SMILES string of the molecule is CC(C)c1ccc(N2CC(CS(C)(=O)=O)C2)c2cnc(Nc3ccnc(N4CCC(O)C(F)C4)n3)cc12. The third kappa shape index (κ3) is 5.62. The highest BCUT2D eigenvalue weighted by Gasteiger charge is 2.31. The van der Waals surface area contributed by atoms with Crippen LogP contribution in [-0.2, 0) is 9.84 Å². The largest absolute Gasteiger partial charge is 0.390 e. The van der Waals surface area contributed by atoms with Gasteiger partial charge in [-0.3, -0.25) is 0 Å². The van der Waals surface area contributed by atoms with Gasteiger partial charge in [-0.2, -0.15) is 4.98 Å². The molecule has 0 radical (unpaired) electrons. The maximum atomic E-state index is 14.0. The number of fused-ring (bicyclic) bond motifs is 1. The van der Waals surface area contributed by atoms with Gasteiger partial charge >= 0.3 is 0 Å². The van der Waals surface area contributed by atoms with Crippen molar-refractivity contribution in [2.24, 2.45) is 5.92 Å². The van der Waals surface area contributed by atoms with Gasteiger partial charge in [-0.1, -0.05) is 19.9 Å². The molecule has 198 valence electrons. The van der Waals surface area contributed by atoms with E-state index in [1.165, 1.54) is 11.8 Å². The summed E-state index contributed by atoms with van der Waals surface area (Å²) < 4.78 is 37.3. The number of rotatable bonds is 7. The van der Waals surface area contributed by atoms with E-state index < -0.39 is 22.1 Å². The highest BCUT2D eigenvalue weighted by molar-refractivity contribution is 7.90. The Labute approximate surface area is 216 Å². The van der Waals surface area contributed by atoms with Gasteiger partial charge in [0, 0.05) is 55.3 Å². The van der Waals surface area contributed by atoms with Gasteiger partial charge in [0.1, 0.15) is 27.6 Å². The highest BCUT2D eigenvalue weighted by Crippen LogP contribution is 2.37.